The van der Waals surface area contributed by atoms with Crippen molar-refractivity contribution in [3.05, 3.63) is 70.0 Å². The van der Waals surface area contributed by atoms with Crippen molar-refractivity contribution in [2.45, 2.75) is 6.54 Å². The quantitative estimate of drug-likeness (QED) is 0.411. The summed E-state index contributed by atoms with van der Waals surface area (Å²) in [6.07, 6.45) is 3.04. The average Bonchev–Trinajstić information content (AvgIpc) is 3.18. The van der Waals surface area contributed by atoms with Crippen LogP contribution in [0.3, 0.4) is 0 Å². The molecule has 0 spiro atoms. The molecule has 0 bridgehead atoms. The van der Waals surface area contributed by atoms with Gasteiger partial charge in [0, 0.05) is 36.0 Å². The van der Waals surface area contributed by atoms with Crippen LogP contribution in [0.25, 0.3) is 6.08 Å². The van der Waals surface area contributed by atoms with Crippen molar-refractivity contribution in [1.82, 2.24) is 10.2 Å². The normalized spacial score (nSPS) is 10.8. The Hall–Kier alpha value is -3.66. The maximum atomic E-state index is 12.1. The van der Waals surface area contributed by atoms with Gasteiger partial charge in [0.05, 0.1) is 12.1 Å². The molecule has 3 aromatic rings. The van der Waals surface area contributed by atoms with Crippen LogP contribution in [0.5, 0.6) is 0 Å². The summed E-state index contributed by atoms with van der Waals surface area (Å²) in [6.45, 7) is 0.0961. The molecule has 0 unspecified atom stereocenters. The van der Waals surface area contributed by atoms with Crippen LogP contribution in [0, 0.1) is 0 Å². The van der Waals surface area contributed by atoms with Crippen molar-refractivity contribution in [2.75, 3.05) is 29.6 Å². The van der Waals surface area contributed by atoms with Crippen molar-refractivity contribution in [3.8, 4) is 0 Å². The lowest BCUT2D eigenvalue weighted by molar-refractivity contribution is -0.112. The van der Waals surface area contributed by atoms with Crippen molar-refractivity contribution in [3.63, 3.8) is 0 Å². The van der Waals surface area contributed by atoms with Gasteiger partial charge in [-0.15, -0.1) is 5.10 Å². The molecule has 31 heavy (non-hydrogen) atoms. The molecule has 1 heterocycles. The molecule has 10 heteroatoms. The number of nitrogens with one attached hydrogen (secondary N) is 2. The summed E-state index contributed by atoms with van der Waals surface area (Å²) >= 11 is 3.24. The highest BCUT2D eigenvalue weighted by atomic mass is 79.9. The van der Waals surface area contributed by atoms with Gasteiger partial charge in [-0.3, -0.25) is 10.1 Å². The van der Waals surface area contributed by atoms with Crippen LogP contribution in [0.2, 0.25) is 0 Å². The van der Waals surface area contributed by atoms with Gasteiger partial charge in [0.15, 0.2) is 0 Å². The van der Waals surface area contributed by atoms with E-state index in [0.29, 0.717) is 10.2 Å². The number of hydrogen-bond acceptors (Lipinski definition) is 7. The standard InChI is InChI=1S/C21H20BrN5O4/c1-27(2)15-7-3-13(4-8-15)5-10-18(28)24-21-26-25-19(31-21)12-23-17-9-6-14(22)11-16(17)20(29)30/h3-11,23H,12H2,1-2H3,(H,29,30)(H,24,26,28)/b10-5+. The van der Waals surface area contributed by atoms with Gasteiger partial charge in [-0.1, -0.05) is 33.2 Å². The van der Waals surface area contributed by atoms with Gasteiger partial charge >= 0.3 is 12.0 Å². The highest BCUT2D eigenvalue weighted by molar-refractivity contribution is 9.10. The summed E-state index contributed by atoms with van der Waals surface area (Å²) in [5.74, 6) is -1.29. The molecule has 0 radical (unpaired) electrons. The number of carboxylic acid groups (broad SMARTS) is 1. The van der Waals surface area contributed by atoms with Crippen molar-refractivity contribution >= 4 is 51.3 Å². The number of hydrogen-bond donors (Lipinski definition) is 3. The lowest BCUT2D eigenvalue weighted by Gasteiger charge is -2.11. The lowest BCUT2D eigenvalue weighted by Crippen LogP contribution is -2.08. The van der Waals surface area contributed by atoms with Crippen molar-refractivity contribution in [1.29, 1.82) is 0 Å². The Morgan fingerprint density at radius 1 is 1.16 bits per heavy atom. The fourth-order valence-corrected chi connectivity index (χ4v) is 2.96. The first-order valence-electron chi connectivity index (χ1n) is 9.17. The second-order valence-electron chi connectivity index (χ2n) is 6.66. The number of aromatic carboxylic acids is 1. The molecule has 0 atom stereocenters. The summed E-state index contributed by atoms with van der Waals surface area (Å²) in [5.41, 5.74) is 2.45. The molecule has 3 N–H and O–H groups in total. The highest BCUT2D eigenvalue weighted by Gasteiger charge is 2.13. The number of benzene rings is 2. The molecular weight excluding hydrogens is 466 g/mol. The Bertz CT molecular complexity index is 1110. The molecular formula is C21H20BrN5O4. The minimum Gasteiger partial charge on any atom is -0.478 e. The molecule has 0 saturated heterocycles. The van der Waals surface area contributed by atoms with E-state index >= 15 is 0 Å². The summed E-state index contributed by atoms with van der Waals surface area (Å²) in [6, 6.07) is 12.5. The molecule has 2 aromatic carbocycles. The Morgan fingerprint density at radius 3 is 2.58 bits per heavy atom. The van der Waals surface area contributed by atoms with E-state index in [9.17, 15) is 14.7 Å². The summed E-state index contributed by atoms with van der Waals surface area (Å²) < 4.78 is 6.03. The average molecular weight is 486 g/mol. The Labute approximate surface area is 186 Å². The molecule has 0 aliphatic heterocycles. The van der Waals surface area contributed by atoms with Crippen molar-refractivity contribution in [2.24, 2.45) is 0 Å². The lowest BCUT2D eigenvalue weighted by atomic mass is 10.2. The topological polar surface area (TPSA) is 121 Å². The third-order valence-electron chi connectivity index (χ3n) is 4.18. The van der Waals surface area contributed by atoms with Crippen LogP contribution >= 0.6 is 15.9 Å². The number of carboxylic acids is 1. The van der Waals surface area contributed by atoms with E-state index in [0.717, 1.165) is 11.3 Å². The van der Waals surface area contributed by atoms with Crippen LogP contribution in [-0.2, 0) is 11.3 Å². The molecule has 3 rings (SSSR count). The van der Waals surface area contributed by atoms with Gasteiger partial charge in [-0.25, -0.2) is 4.79 Å². The number of aromatic nitrogens is 2. The van der Waals surface area contributed by atoms with Gasteiger partial charge in [-0.05, 0) is 42.0 Å². The second kappa shape index (κ2) is 9.90. The first-order chi connectivity index (χ1) is 14.8. The third kappa shape index (κ3) is 6.16. The largest absolute Gasteiger partial charge is 0.478 e. The fourth-order valence-electron chi connectivity index (χ4n) is 2.60. The van der Waals surface area contributed by atoms with Crippen molar-refractivity contribution < 1.29 is 19.1 Å². The van der Waals surface area contributed by atoms with Crippen LogP contribution in [0.15, 0.2) is 57.4 Å². The van der Waals surface area contributed by atoms with Crippen LogP contribution < -0.4 is 15.5 Å². The first kappa shape index (κ1) is 22.0. The van der Waals surface area contributed by atoms with E-state index in [-0.39, 0.29) is 24.0 Å². The van der Waals surface area contributed by atoms with Gasteiger partial charge in [0.25, 0.3) is 5.91 Å². The second-order valence-corrected chi connectivity index (χ2v) is 7.57. The van der Waals surface area contributed by atoms with E-state index in [2.05, 4.69) is 36.8 Å². The zero-order valence-corrected chi connectivity index (χ0v) is 18.4. The van der Waals surface area contributed by atoms with E-state index in [4.69, 9.17) is 4.42 Å². The van der Waals surface area contributed by atoms with E-state index in [1.54, 1.807) is 18.2 Å². The van der Waals surface area contributed by atoms with E-state index < -0.39 is 11.9 Å². The highest BCUT2D eigenvalue weighted by Crippen LogP contribution is 2.22. The smallest absolute Gasteiger partial charge is 0.337 e. The van der Waals surface area contributed by atoms with E-state index in [1.165, 1.54) is 12.1 Å². The van der Waals surface area contributed by atoms with Gasteiger partial charge in [0.1, 0.15) is 0 Å². The third-order valence-corrected chi connectivity index (χ3v) is 4.67. The number of nitrogens with zero attached hydrogens (tertiary/aromatic N) is 3. The maximum absolute atomic E-state index is 12.1. The van der Waals surface area contributed by atoms with Crippen LogP contribution in [-0.4, -0.2) is 41.3 Å². The van der Waals surface area contributed by atoms with E-state index in [1.807, 2.05) is 43.3 Å². The predicted molar refractivity (Wildman–Crippen MR) is 121 cm³/mol. The summed E-state index contributed by atoms with van der Waals surface area (Å²) in [4.78, 5) is 25.4. The predicted octanol–water partition coefficient (Wildman–Crippen LogP) is 3.86. The molecule has 0 saturated carbocycles. The molecule has 0 aliphatic rings. The summed E-state index contributed by atoms with van der Waals surface area (Å²) in [7, 11) is 3.91. The maximum Gasteiger partial charge on any atom is 0.337 e. The Kier molecular flexibility index (Phi) is 7.03. The molecule has 0 aliphatic carbocycles. The SMILES string of the molecule is CN(C)c1ccc(/C=C/C(=O)Nc2nnc(CNc3ccc(Br)cc3C(=O)O)o2)cc1. The molecule has 160 valence electrons. The van der Waals surface area contributed by atoms with Crippen LogP contribution in [0.1, 0.15) is 21.8 Å². The number of carbonyl (C=O) groups is 2. The Balaban J connectivity index is 1.56. The minimum absolute atomic E-state index is 0.0522. The first-order valence-corrected chi connectivity index (χ1v) is 9.96. The van der Waals surface area contributed by atoms with Gasteiger partial charge in [-0.2, -0.15) is 0 Å². The molecule has 0 fully saturated rings. The zero-order chi connectivity index (χ0) is 22.4. The number of halogens is 1. The van der Waals surface area contributed by atoms with Crippen LogP contribution in [0.4, 0.5) is 17.4 Å². The fraction of sp³-hybridized carbons (Fsp3) is 0.143. The number of rotatable bonds is 8. The minimum atomic E-state index is -1.06. The summed E-state index contributed by atoms with van der Waals surface area (Å²) in [5, 5.41) is 22.3. The Morgan fingerprint density at radius 2 is 1.90 bits per heavy atom. The monoisotopic (exact) mass is 485 g/mol. The molecule has 1 aromatic heterocycles. The molecule has 1 amide bonds. The number of amides is 1. The molecule has 9 nitrogen and oxygen atoms in total. The number of anilines is 3. The van der Waals surface area contributed by atoms with Gasteiger partial charge < -0.3 is 19.7 Å². The zero-order valence-electron chi connectivity index (χ0n) is 16.8. The number of carbonyl (C=O) groups excluding carboxylic acids is 1. The van der Waals surface area contributed by atoms with Gasteiger partial charge in [0.2, 0.25) is 5.89 Å².